The van der Waals surface area contributed by atoms with Crippen molar-refractivity contribution in [2.24, 2.45) is 0 Å². The highest BCUT2D eigenvalue weighted by Gasteiger charge is 2.43. The predicted octanol–water partition coefficient (Wildman–Crippen LogP) is 1.60. The van der Waals surface area contributed by atoms with Crippen LogP contribution in [-0.2, 0) is 25.7 Å². The van der Waals surface area contributed by atoms with Crippen LogP contribution < -0.4 is 5.32 Å². The summed E-state index contributed by atoms with van der Waals surface area (Å²) in [6.45, 7) is 2.06. The lowest BCUT2D eigenvalue weighted by Gasteiger charge is -2.29. The highest BCUT2D eigenvalue weighted by molar-refractivity contribution is 6.18. The third-order valence-corrected chi connectivity index (χ3v) is 6.16. The van der Waals surface area contributed by atoms with Crippen molar-refractivity contribution in [2.45, 2.75) is 32.4 Å². The maximum atomic E-state index is 13.0. The molecule has 1 saturated heterocycles. The Balaban J connectivity index is 1.30. The van der Waals surface area contributed by atoms with Crippen LogP contribution in [-0.4, -0.2) is 61.6 Å². The molecule has 1 atom stereocenters. The molecule has 1 N–H and O–H groups in total. The van der Waals surface area contributed by atoms with Gasteiger partial charge in [0.2, 0.25) is 23.5 Å². The van der Waals surface area contributed by atoms with Gasteiger partial charge < -0.3 is 9.42 Å². The van der Waals surface area contributed by atoms with Gasteiger partial charge in [0.05, 0.1) is 6.54 Å². The minimum absolute atomic E-state index is 0.0608. The number of pyridine rings is 1. The monoisotopic (exact) mass is 486 g/mol. The SMILES string of the molecule is Cc1cnccc1-c1cccc(-c2noc(CN(C)C3=CC(=O)N(C4CCC(=O)NC4=O)C3=O)n2)c1. The molecule has 0 saturated carbocycles. The van der Waals surface area contributed by atoms with Crippen molar-refractivity contribution in [3.8, 4) is 22.5 Å². The number of nitrogens with zero attached hydrogens (tertiary/aromatic N) is 5. The molecule has 2 aromatic heterocycles. The first-order valence-electron chi connectivity index (χ1n) is 11.3. The minimum atomic E-state index is -1.02. The van der Waals surface area contributed by atoms with Crippen LogP contribution in [0.2, 0.25) is 0 Å². The maximum Gasteiger partial charge on any atom is 0.277 e. The Bertz CT molecular complexity index is 1430. The van der Waals surface area contributed by atoms with Crippen LogP contribution in [0.4, 0.5) is 0 Å². The number of aryl methyl sites for hydroxylation is 1. The Morgan fingerprint density at radius 3 is 2.75 bits per heavy atom. The first kappa shape index (κ1) is 23.1. The zero-order valence-corrected chi connectivity index (χ0v) is 19.6. The zero-order valence-electron chi connectivity index (χ0n) is 19.6. The number of hydrogen-bond donors (Lipinski definition) is 1. The number of hydrogen-bond acceptors (Lipinski definition) is 9. The van der Waals surface area contributed by atoms with Gasteiger partial charge in [-0.2, -0.15) is 4.98 Å². The summed E-state index contributed by atoms with van der Waals surface area (Å²) >= 11 is 0. The molecule has 0 aliphatic carbocycles. The topological polar surface area (TPSA) is 139 Å². The fourth-order valence-electron chi connectivity index (χ4n) is 4.32. The molecule has 182 valence electrons. The maximum absolute atomic E-state index is 13.0. The summed E-state index contributed by atoms with van der Waals surface area (Å²) in [5, 5.41) is 6.24. The van der Waals surface area contributed by atoms with Gasteiger partial charge in [-0.1, -0.05) is 23.4 Å². The molecule has 0 radical (unpaired) electrons. The quantitative estimate of drug-likeness (QED) is 0.515. The summed E-state index contributed by atoms with van der Waals surface area (Å²) in [7, 11) is 1.61. The van der Waals surface area contributed by atoms with Crippen LogP contribution in [0.5, 0.6) is 0 Å². The Labute approximate surface area is 205 Å². The standard InChI is InChI=1S/C25H22N6O5/c1-14-12-26-9-8-17(14)15-4-3-5-16(10-15)23-28-21(36-29-23)13-30(2)19-11-22(33)31(25(19)35)18-6-7-20(32)27-24(18)34/h3-5,8-12,18H,6-7,13H2,1-2H3,(H,27,32,34). The van der Waals surface area contributed by atoms with Crippen molar-refractivity contribution >= 4 is 23.6 Å². The number of rotatable bonds is 6. The number of imide groups is 2. The molecular formula is C25H22N6O5. The van der Waals surface area contributed by atoms with Crippen LogP contribution in [0.25, 0.3) is 22.5 Å². The van der Waals surface area contributed by atoms with E-state index in [4.69, 9.17) is 4.52 Å². The minimum Gasteiger partial charge on any atom is -0.361 e. The van der Waals surface area contributed by atoms with Gasteiger partial charge in [-0.25, -0.2) is 0 Å². The predicted molar refractivity (Wildman–Crippen MR) is 125 cm³/mol. The highest BCUT2D eigenvalue weighted by Crippen LogP contribution is 2.27. The molecule has 0 bridgehead atoms. The number of carbonyl (C=O) groups excluding carboxylic acids is 4. The molecule has 1 unspecified atom stereocenters. The number of likely N-dealkylation sites (N-methyl/N-ethyl adjacent to an activating group) is 1. The first-order chi connectivity index (χ1) is 17.3. The fourth-order valence-corrected chi connectivity index (χ4v) is 4.32. The normalized spacial score (nSPS) is 17.9. The fraction of sp³-hybridized carbons (Fsp3) is 0.240. The molecule has 11 heteroatoms. The molecule has 4 heterocycles. The van der Waals surface area contributed by atoms with Crippen molar-refractivity contribution in [1.29, 1.82) is 0 Å². The molecule has 1 fully saturated rings. The Kier molecular flexibility index (Phi) is 5.88. The molecule has 4 amide bonds. The largest absolute Gasteiger partial charge is 0.361 e. The van der Waals surface area contributed by atoms with Gasteiger partial charge in [0.15, 0.2) is 0 Å². The average molecular weight is 486 g/mol. The van der Waals surface area contributed by atoms with Gasteiger partial charge in [-0.05, 0) is 42.2 Å². The molecule has 1 aromatic carbocycles. The van der Waals surface area contributed by atoms with E-state index >= 15 is 0 Å². The molecule has 36 heavy (non-hydrogen) atoms. The summed E-state index contributed by atoms with van der Waals surface area (Å²) in [5.41, 5.74) is 3.94. The van der Waals surface area contributed by atoms with E-state index in [9.17, 15) is 19.2 Å². The number of carbonyl (C=O) groups is 4. The molecular weight excluding hydrogens is 464 g/mol. The van der Waals surface area contributed by atoms with E-state index in [0.717, 1.165) is 27.2 Å². The molecule has 2 aliphatic heterocycles. The van der Waals surface area contributed by atoms with Crippen molar-refractivity contribution in [2.75, 3.05) is 7.05 Å². The second-order valence-electron chi connectivity index (χ2n) is 8.65. The van der Waals surface area contributed by atoms with Crippen molar-refractivity contribution in [3.63, 3.8) is 0 Å². The third kappa shape index (κ3) is 4.26. The second-order valence-corrected chi connectivity index (χ2v) is 8.65. The Morgan fingerprint density at radius 1 is 1.17 bits per heavy atom. The van der Waals surface area contributed by atoms with Crippen LogP contribution in [0.15, 0.2) is 59.0 Å². The van der Waals surface area contributed by atoms with Crippen LogP contribution in [0.3, 0.4) is 0 Å². The lowest BCUT2D eigenvalue weighted by molar-refractivity contribution is -0.150. The average Bonchev–Trinajstić information content (AvgIpc) is 3.44. The third-order valence-electron chi connectivity index (χ3n) is 6.16. The van der Waals surface area contributed by atoms with Gasteiger partial charge in [0, 0.05) is 37.5 Å². The Morgan fingerprint density at radius 2 is 1.97 bits per heavy atom. The first-order valence-corrected chi connectivity index (χ1v) is 11.3. The van der Waals surface area contributed by atoms with Gasteiger partial charge in [0.1, 0.15) is 11.7 Å². The van der Waals surface area contributed by atoms with E-state index in [1.54, 1.807) is 19.4 Å². The molecule has 5 rings (SSSR count). The van der Waals surface area contributed by atoms with E-state index in [-0.39, 0.29) is 31.0 Å². The number of piperidine rings is 1. The number of benzene rings is 1. The Hall–Kier alpha value is -4.67. The number of aromatic nitrogens is 3. The van der Waals surface area contributed by atoms with Gasteiger partial charge in [-0.3, -0.25) is 34.4 Å². The lowest BCUT2D eigenvalue weighted by Crippen LogP contribution is -2.54. The van der Waals surface area contributed by atoms with E-state index < -0.39 is 29.7 Å². The van der Waals surface area contributed by atoms with Crippen LogP contribution in [0, 0.1) is 6.92 Å². The summed E-state index contributed by atoms with van der Waals surface area (Å²) in [6.07, 6.45) is 4.87. The zero-order chi connectivity index (χ0) is 25.4. The smallest absolute Gasteiger partial charge is 0.277 e. The van der Waals surface area contributed by atoms with Gasteiger partial charge in [0.25, 0.3) is 11.8 Å². The number of amides is 4. The lowest BCUT2D eigenvalue weighted by atomic mass is 10.0. The van der Waals surface area contributed by atoms with Crippen molar-refractivity contribution in [3.05, 3.63) is 66.0 Å². The van der Waals surface area contributed by atoms with Crippen molar-refractivity contribution < 1.29 is 23.7 Å². The number of nitrogens with one attached hydrogen (secondary N) is 1. The van der Waals surface area contributed by atoms with Gasteiger partial charge >= 0.3 is 0 Å². The molecule has 3 aromatic rings. The summed E-state index contributed by atoms with van der Waals surface area (Å²) < 4.78 is 5.40. The van der Waals surface area contributed by atoms with E-state index in [2.05, 4.69) is 20.4 Å². The van der Waals surface area contributed by atoms with E-state index in [0.29, 0.717) is 5.82 Å². The second kappa shape index (κ2) is 9.17. The van der Waals surface area contributed by atoms with Crippen molar-refractivity contribution in [1.82, 2.24) is 30.2 Å². The van der Waals surface area contributed by atoms with E-state index in [1.165, 1.54) is 11.0 Å². The molecule has 11 nitrogen and oxygen atoms in total. The summed E-state index contributed by atoms with van der Waals surface area (Å²) in [6, 6.07) is 8.65. The van der Waals surface area contributed by atoms with Crippen LogP contribution >= 0.6 is 0 Å². The molecule has 2 aliphatic rings. The summed E-state index contributed by atoms with van der Waals surface area (Å²) in [5.74, 6) is -1.66. The summed E-state index contributed by atoms with van der Waals surface area (Å²) in [4.78, 5) is 60.1. The van der Waals surface area contributed by atoms with Gasteiger partial charge in [-0.15, -0.1) is 0 Å². The van der Waals surface area contributed by atoms with Crippen LogP contribution in [0.1, 0.15) is 24.3 Å². The highest BCUT2D eigenvalue weighted by atomic mass is 16.5. The van der Waals surface area contributed by atoms with E-state index in [1.807, 2.05) is 37.3 Å². The molecule has 0 spiro atoms.